The van der Waals surface area contributed by atoms with Crippen LogP contribution in [0.2, 0.25) is 0 Å². The van der Waals surface area contributed by atoms with Gasteiger partial charge in [0.25, 0.3) is 5.89 Å². The largest absolute Gasteiger partial charge is 0.353 e. The van der Waals surface area contributed by atoms with Gasteiger partial charge in [-0.05, 0) is 37.1 Å². The molecule has 0 spiro atoms. The second-order valence-electron chi connectivity index (χ2n) is 7.64. The number of anilines is 2. The highest BCUT2D eigenvalue weighted by atomic mass is 16.5. The SMILES string of the molecule is Cc1ccc(C(C)(C)c2ccc(Nc3cnc(-c4nc(C)no4)nc3)cc2)cc1. The average molecular weight is 385 g/mol. The average Bonchev–Trinajstić information content (AvgIpc) is 3.16. The molecule has 1 N–H and O–H groups in total. The molecule has 6 heteroatoms. The maximum absolute atomic E-state index is 5.09. The quantitative estimate of drug-likeness (QED) is 0.508. The molecule has 0 saturated heterocycles. The van der Waals surface area contributed by atoms with Crippen molar-refractivity contribution in [3.63, 3.8) is 0 Å². The third kappa shape index (κ3) is 4.01. The molecule has 4 rings (SSSR count). The Balaban J connectivity index is 1.48. The first kappa shape index (κ1) is 18.8. The molecule has 0 amide bonds. The zero-order valence-electron chi connectivity index (χ0n) is 17.0. The maximum Gasteiger partial charge on any atom is 0.295 e. The summed E-state index contributed by atoms with van der Waals surface area (Å²) < 4.78 is 5.09. The van der Waals surface area contributed by atoms with Crippen molar-refractivity contribution >= 4 is 11.4 Å². The van der Waals surface area contributed by atoms with E-state index in [1.807, 2.05) is 0 Å². The first-order valence-electron chi connectivity index (χ1n) is 9.49. The minimum absolute atomic E-state index is 0.0702. The van der Waals surface area contributed by atoms with Crippen molar-refractivity contribution in [1.82, 2.24) is 20.1 Å². The van der Waals surface area contributed by atoms with Crippen molar-refractivity contribution in [1.29, 1.82) is 0 Å². The van der Waals surface area contributed by atoms with Crippen LogP contribution in [0.3, 0.4) is 0 Å². The molecule has 0 unspecified atom stereocenters. The molecule has 0 saturated carbocycles. The van der Waals surface area contributed by atoms with Crippen LogP contribution in [0.1, 0.15) is 36.4 Å². The molecule has 2 aromatic heterocycles. The van der Waals surface area contributed by atoms with Crippen molar-refractivity contribution < 1.29 is 4.52 Å². The minimum Gasteiger partial charge on any atom is -0.353 e. The van der Waals surface area contributed by atoms with Gasteiger partial charge in [0.05, 0.1) is 18.1 Å². The van der Waals surface area contributed by atoms with Gasteiger partial charge in [-0.1, -0.05) is 61.0 Å². The molecular formula is C23H23N5O. The van der Waals surface area contributed by atoms with Crippen LogP contribution in [0.5, 0.6) is 0 Å². The van der Waals surface area contributed by atoms with Crippen molar-refractivity contribution in [2.75, 3.05) is 5.32 Å². The Labute approximate surface area is 170 Å². The van der Waals surface area contributed by atoms with E-state index in [9.17, 15) is 0 Å². The molecule has 0 bridgehead atoms. The number of rotatable bonds is 5. The van der Waals surface area contributed by atoms with Gasteiger partial charge in [-0.15, -0.1) is 0 Å². The van der Waals surface area contributed by atoms with E-state index < -0.39 is 0 Å². The Hall–Kier alpha value is -3.54. The molecule has 0 aliphatic rings. The summed E-state index contributed by atoms with van der Waals surface area (Å²) in [6.45, 7) is 8.35. The molecule has 146 valence electrons. The fourth-order valence-corrected chi connectivity index (χ4v) is 3.16. The van der Waals surface area contributed by atoms with E-state index >= 15 is 0 Å². The van der Waals surface area contributed by atoms with E-state index in [2.05, 4.69) is 94.7 Å². The lowest BCUT2D eigenvalue weighted by Crippen LogP contribution is -2.18. The predicted octanol–water partition coefficient (Wildman–Crippen LogP) is 5.21. The Bertz CT molecular complexity index is 1100. The van der Waals surface area contributed by atoms with Gasteiger partial charge in [-0.2, -0.15) is 4.98 Å². The molecule has 2 heterocycles. The van der Waals surface area contributed by atoms with E-state index in [-0.39, 0.29) is 5.41 Å². The van der Waals surface area contributed by atoms with Crippen molar-refractivity contribution in [3.8, 4) is 11.7 Å². The highest BCUT2D eigenvalue weighted by molar-refractivity contribution is 5.59. The van der Waals surface area contributed by atoms with Gasteiger partial charge >= 0.3 is 0 Å². The van der Waals surface area contributed by atoms with Crippen LogP contribution in [0.4, 0.5) is 11.4 Å². The number of hydrogen-bond donors (Lipinski definition) is 1. The normalized spacial score (nSPS) is 11.4. The lowest BCUT2D eigenvalue weighted by atomic mass is 9.78. The lowest BCUT2D eigenvalue weighted by molar-refractivity contribution is 0.423. The monoisotopic (exact) mass is 385 g/mol. The number of nitrogens with one attached hydrogen (secondary N) is 1. The summed E-state index contributed by atoms with van der Waals surface area (Å²) in [4.78, 5) is 12.7. The molecule has 0 aliphatic carbocycles. The molecule has 29 heavy (non-hydrogen) atoms. The third-order valence-corrected chi connectivity index (χ3v) is 5.04. The van der Waals surface area contributed by atoms with Gasteiger partial charge in [0.15, 0.2) is 5.82 Å². The minimum atomic E-state index is -0.0702. The topological polar surface area (TPSA) is 76.7 Å². The zero-order valence-corrected chi connectivity index (χ0v) is 17.0. The molecule has 2 aromatic carbocycles. The van der Waals surface area contributed by atoms with Crippen LogP contribution < -0.4 is 5.32 Å². The van der Waals surface area contributed by atoms with Crippen LogP contribution in [0.15, 0.2) is 65.4 Å². The number of hydrogen-bond acceptors (Lipinski definition) is 6. The summed E-state index contributed by atoms with van der Waals surface area (Å²) in [5.74, 6) is 1.28. The van der Waals surface area contributed by atoms with Gasteiger partial charge in [0.1, 0.15) is 0 Å². The smallest absolute Gasteiger partial charge is 0.295 e. The third-order valence-electron chi connectivity index (χ3n) is 5.04. The standard InChI is InChI=1S/C23H23N5O/c1-15-5-7-17(8-6-15)23(3,4)18-9-11-19(12-10-18)27-20-13-24-21(25-14-20)22-26-16(2)28-29-22/h5-14,27H,1-4H3. The fraction of sp³-hybridized carbons (Fsp3) is 0.217. The Kier molecular flexibility index (Phi) is 4.84. The summed E-state index contributed by atoms with van der Waals surface area (Å²) in [6.07, 6.45) is 3.40. The van der Waals surface area contributed by atoms with Crippen molar-refractivity contribution in [2.45, 2.75) is 33.1 Å². The molecule has 0 fully saturated rings. The number of benzene rings is 2. The first-order valence-corrected chi connectivity index (χ1v) is 9.49. The van der Waals surface area contributed by atoms with E-state index in [1.54, 1.807) is 19.3 Å². The van der Waals surface area contributed by atoms with Gasteiger partial charge in [0.2, 0.25) is 5.82 Å². The van der Waals surface area contributed by atoms with Crippen molar-refractivity contribution in [2.24, 2.45) is 0 Å². The second kappa shape index (κ2) is 7.47. The van der Waals surface area contributed by atoms with Gasteiger partial charge in [-0.25, -0.2) is 9.97 Å². The Morgan fingerprint density at radius 2 is 1.38 bits per heavy atom. The van der Waals surface area contributed by atoms with Crippen LogP contribution in [0, 0.1) is 13.8 Å². The van der Waals surface area contributed by atoms with E-state index in [4.69, 9.17) is 4.52 Å². The lowest BCUT2D eigenvalue weighted by Gasteiger charge is -2.26. The highest BCUT2D eigenvalue weighted by Crippen LogP contribution is 2.32. The summed E-state index contributed by atoms with van der Waals surface area (Å²) in [5, 5.41) is 7.08. The molecule has 0 radical (unpaired) electrons. The molecular weight excluding hydrogens is 362 g/mol. The zero-order chi connectivity index (χ0) is 20.4. The van der Waals surface area contributed by atoms with Crippen molar-refractivity contribution in [3.05, 3.63) is 83.4 Å². The molecule has 0 atom stereocenters. The maximum atomic E-state index is 5.09. The number of aromatic nitrogens is 4. The second-order valence-corrected chi connectivity index (χ2v) is 7.64. The van der Waals surface area contributed by atoms with Gasteiger partial charge < -0.3 is 9.84 Å². The Morgan fingerprint density at radius 1 is 0.793 bits per heavy atom. The van der Waals surface area contributed by atoms with Gasteiger partial charge in [0, 0.05) is 11.1 Å². The van der Waals surface area contributed by atoms with E-state index in [0.29, 0.717) is 17.5 Å². The molecule has 4 aromatic rings. The van der Waals surface area contributed by atoms with E-state index in [1.165, 1.54) is 16.7 Å². The predicted molar refractivity (Wildman–Crippen MR) is 113 cm³/mol. The summed E-state index contributed by atoms with van der Waals surface area (Å²) in [5.41, 5.74) is 5.51. The highest BCUT2D eigenvalue weighted by Gasteiger charge is 2.22. The van der Waals surface area contributed by atoms with Crippen LogP contribution in [-0.4, -0.2) is 20.1 Å². The number of aryl methyl sites for hydroxylation is 2. The summed E-state index contributed by atoms with van der Waals surface area (Å²) in [7, 11) is 0. The van der Waals surface area contributed by atoms with Crippen LogP contribution in [0.25, 0.3) is 11.7 Å². The van der Waals surface area contributed by atoms with Crippen LogP contribution in [-0.2, 0) is 5.41 Å². The van der Waals surface area contributed by atoms with Crippen LogP contribution >= 0.6 is 0 Å². The Morgan fingerprint density at radius 3 is 1.93 bits per heavy atom. The summed E-state index contributed by atoms with van der Waals surface area (Å²) >= 11 is 0. The number of nitrogens with zero attached hydrogens (tertiary/aromatic N) is 4. The summed E-state index contributed by atoms with van der Waals surface area (Å²) in [6, 6.07) is 17.2. The van der Waals surface area contributed by atoms with E-state index in [0.717, 1.165) is 11.4 Å². The first-order chi connectivity index (χ1) is 13.9. The van der Waals surface area contributed by atoms with Gasteiger partial charge in [-0.3, -0.25) is 0 Å². The molecule has 0 aliphatic heterocycles. The fourth-order valence-electron chi connectivity index (χ4n) is 3.16. The molecule has 6 nitrogen and oxygen atoms in total.